The molecule has 1 aromatic heterocycles. The number of ether oxygens (including phenoxy) is 2. The molecule has 1 aromatic carbocycles. The summed E-state index contributed by atoms with van der Waals surface area (Å²) in [5.41, 5.74) is 1.25. The van der Waals surface area contributed by atoms with Crippen molar-refractivity contribution < 1.29 is 18.7 Å². The molecule has 0 unspecified atom stereocenters. The van der Waals surface area contributed by atoms with Gasteiger partial charge in [0.2, 0.25) is 0 Å². The summed E-state index contributed by atoms with van der Waals surface area (Å²) in [7, 11) is 0. The third-order valence-electron chi connectivity index (χ3n) is 3.20. The number of aromatic nitrogens is 1. The maximum Gasteiger partial charge on any atom is 0.360 e. The van der Waals surface area contributed by atoms with E-state index < -0.39 is 5.97 Å². The lowest BCUT2D eigenvalue weighted by molar-refractivity contribution is 0.0519. The van der Waals surface area contributed by atoms with E-state index in [1.807, 2.05) is 29.2 Å². The Morgan fingerprint density at radius 2 is 2.29 bits per heavy atom. The van der Waals surface area contributed by atoms with Crippen molar-refractivity contribution in [2.45, 2.75) is 13.5 Å². The summed E-state index contributed by atoms with van der Waals surface area (Å²) in [6.45, 7) is 3.86. The molecule has 21 heavy (non-hydrogen) atoms. The van der Waals surface area contributed by atoms with Crippen molar-refractivity contribution in [3.05, 3.63) is 41.8 Å². The van der Waals surface area contributed by atoms with Crippen molar-refractivity contribution in [2.75, 3.05) is 24.7 Å². The molecular formula is C15H16N2O4. The minimum absolute atomic E-state index is 0.185. The molecular weight excluding hydrogens is 272 g/mol. The number of benzene rings is 1. The van der Waals surface area contributed by atoms with E-state index >= 15 is 0 Å². The van der Waals surface area contributed by atoms with Crippen LogP contribution in [0.5, 0.6) is 5.75 Å². The maximum absolute atomic E-state index is 11.6. The maximum atomic E-state index is 11.6. The van der Waals surface area contributed by atoms with E-state index in [-0.39, 0.29) is 5.69 Å². The number of esters is 1. The Bertz CT molecular complexity index is 638. The zero-order valence-electron chi connectivity index (χ0n) is 11.7. The summed E-state index contributed by atoms with van der Waals surface area (Å²) in [5, 5.41) is 0. The van der Waals surface area contributed by atoms with E-state index in [9.17, 15) is 4.79 Å². The predicted octanol–water partition coefficient (Wildman–Crippen LogP) is 2.25. The Balaban J connectivity index is 1.80. The van der Waals surface area contributed by atoms with Gasteiger partial charge in [-0.15, -0.1) is 0 Å². The van der Waals surface area contributed by atoms with Crippen LogP contribution in [0.15, 0.2) is 34.9 Å². The van der Waals surface area contributed by atoms with Crippen LogP contribution in [0, 0.1) is 0 Å². The SMILES string of the molecule is CCOC(=O)c1coc(N2CCOc3ccccc3C2)n1. The van der Waals surface area contributed by atoms with Crippen molar-refractivity contribution in [3.8, 4) is 5.75 Å². The number of oxazole rings is 1. The second-order valence-corrected chi connectivity index (χ2v) is 4.61. The van der Waals surface area contributed by atoms with Crippen molar-refractivity contribution in [3.63, 3.8) is 0 Å². The van der Waals surface area contributed by atoms with Crippen LogP contribution in [0.25, 0.3) is 0 Å². The van der Waals surface area contributed by atoms with Crippen molar-refractivity contribution in [1.29, 1.82) is 0 Å². The number of fused-ring (bicyclic) bond motifs is 1. The number of carbonyl (C=O) groups excluding carboxylic acids is 1. The van der Waals surface area contributed by atoms with Gasteiger partial charge in [-0.2, -0.15) is 4.98 Å². The smallest absolute Gasteiger partial charge is 0.360 e. The van der Waals surface area contributed by atoms with Gasteiger partial charge in [0, 0.05) is 5.56 Å². The molecule has 0 amide bonds. The molecule has 0 spiro atoms. The van der Waals surface area contributed by atoms with Crippen LogP contribution in [0.4, 0.5) is 6.01 Å². The minimum Gasteiger partial charge on any atom is -0.491 e. The highest BCUT2D eigenvalue weighted by molar-refractivity contribution is 5.87. The van der Waals surface area contributed by atoms with Crippen LogP contribution >= 0.6 is 0 Å². The molecule has 2 heterocycles. The van der Waals surface area contributed by atoms with Gasteiger partial charge >= 0.3 is 5.97 Å². The summed E-state index contributed by atoms with van der Waals surface area (Å²) in [4.78, 5) is 17.8. The monoisotopic (exact) mass is 288 g/mol. The molecule has 0 aliphatic carbocycles. The van der Waals surface area contributed by atoms with Crippen LogP contribution < -0.4 is 9.64 Å². The highest BCUT2D eigenvalue weighted by atomic mass is 16.5. The van der Waals surface area contributed by atoms with E-state index in [1.165, 1.54) is 6.26 Å². The summed E-state index contributed by atoms with van der Waals surface area (Å²) in [5.74, 6) is 0.399. The number of para-hydroxylation sites is 1. The third-order valence-corrected chi connectivity index (χ3v) is 3.20. The topological polar surface area (TPSA) is 64.8 Å². The normalized spacial score (nSPS) is 14.0. The number of hydrogen-bond donors (Lipinski definition) is 0. The minimum atomic E-state index is -0.473. The second kappa shape index (κ2) is 5.87. The van der Waals surface area contributed by atoms with Gasteiger partial charge in [-0.05, 0) is 13.0 Å². The first-order chi connectivity index (χ1) is 10.3. The molecule has 0 atom stereocenters. The fourth-order valence-electron chi connectivity index (χ4n) is 2.20. The summed E-state index contributed by atoms with van der Waals surface area (Å²) >= 11 is 0. The number of carbonyl (C=O) groups is 1. The van der Waals surface area contributed by atoms with Gasteiger partial charge in [0.15, 0.2) is 5.69 Å². The molecule has 6 nitrogen and oxygen atoms in total. The second-order valence-electron chi connectivity index (χ2n) is 4.61. The number of anilines is 1. The zero-order valence-corrected chi connectivity index (χ0v) is 11.7. The Hall–Kier alpha value is -2.50. The molecule has 0 saturated carbocycles. The molecule has 0 N–H and O–H groups in total. The summed E-state index contributed by atoms with van der Waals surface area (Å²) in [6.07, 6.45) is 1.32. The largest absolute Gasteiger partial charge is 0.491 e. The van der Waals surface area contributed by atoms with E-state index in [0.717, 1.165) is 11.3 Å². The van der Waals surface area contributed by atoms with E-state index in [1.54, 1.807) is 6.92 Å². The van der Waals surface area contributed by atoms with Gasteiger partial charge in [-0.3, -0.25) is 0 Å². The van der Waals surface area contributed by atoms with Crippen LogP contribution in [0.3, 0.4) is 0 Å². The van der Waals surface area contributed by atoms with Crippen LogP contribution in [-0.2, 0) is 11.3 Å². The molecule has 2 aromatic rings. The summed E-state index contributed by atoms with van der Waals surface area (Å²) in [6, 6.07) is 8.25. The first-order valence-electron chi connectivity index (χ1n) is 6.86. The number of hydrogen-bond acceptors (Lipinski definition) is 6. The van der Waals surface area contributed by atoms with Crippen LogP contribution in [-0.4, -0.2) is 30.7 Å². The standard InChI is InChI=1S/C15H16N2O4/c1-2-19-14(18)12-10-21-15(16-12)17-7-8-20-13-6-4-3-5-11(13)9-17/h3-6,10H,2,7-9H2,1H3. The van der Waals surface area contributed by atoms with Crippen LogP contribution in [0.2, 0.25) is 0 Å². The Morgan fingerprint density at radius 1 is 1.43 bits per heavy atom. The van der Waals surface area contributed by atoms with Crippen molar-refractivity contribution in [2.24, 2.45) is 0 Å². The molecule has 3 rings (SSSR count). The third kappa shape index (κ3) is 2.84. The van der Waals surface area contributed by atoms with Gasteiger partial charge in [0.05, 0.1) is 19.7 Å². The average molecular weight is 288 g/mol. The van der Waals surface area contributed by atoms with E-state index in [4.69, 9.17) is 13.9 Å². The Labute approximate surface area is 122 Å². The van der Waals surface area contributed by atoms with E-state index in [2.05, 4.69) is 4.98 Å². The molecule has 1 aliphatic rings. The molecule has 110 valence electrons. The quantitative estimate of drug-likeness (QED) is 0.807. The lowest BCUT2D eigenvalue weighted by Crippen LogP contribution is -2.25. The van der Waals surface area contributed by atoms with Crippen molar-refractivity contribution in [1.82, 2.24) is 4.98 Å². The molecule has 6 heteroatoms. The lowest BCUT2D eigenvalue weighted by atomic mass is 10.2. The highest BCUT2D eigenvalue weighted by Gasteiger charge is 2.21. The Morgan fingerprint density at radius 3 is 3.14 bits per heavy atom. The first-order valence-corrected chi connectivity index (χ1v) is 6.86. The molecule has 1 aliphatic heterocycles. The van der Waals surface area contributed by atoms with Gasteiger partial charge in [0.1, 0.15) is 18.6 Å². The first kappa shape index (κ1) is 13.5. The van der Waals surface area contributed by atoms with Crippen molar-refractivity contribution >= 4 is 12.0 Å². The Kier molecular flexibility index (Phi) is 3.77. The van der Waals surface area contributed by atoms with Gasteiger partial charge in [-0.25, -0.2) is 4.79 Å². The molecule has 0 saturated heterocycles. The number of rotatable bonds is 3. The van der Waals surface area contributed by atoms with Gasteiger partial charge in [-0.1, -0.05) is 18.2 Å². The fraction of sp³-hybridized carbons (Fsp3) is 0.333. The molecule has 0 radical (unpaired) electrons. The fourth-order valence-corrected chi connectivity index (χ4v) is 2.20. The lowest BCUT2D eigenvalue weighted by Gasteiger charge is -2.16. The zero-order chi connectivity index (χ0) is 14.7. The predicted molar refractivity (Wildman–Crippen MR) is 75.4 cm³/mol. The summed E-state index contributed by atoms with van der Waals surface area (Å²) < 4.78 is 16.0. The molecule has 0 fully saturated rings. The van der Waals surface area contributed by atoms with E-state index in [0.29, 0.717) is 32.3 Å². The number of nitrogens with zero attached hydrogens (tertiary/aromatic N) is 2. The average Bonchev–Trinajstić information content (AvgIpc) is 2.88. The van der Waals surface area contributed by atoms with Gasteiger partial charge < -0.3 is 18.8 Å². The van der Waals surface area contributed by atoms with Crippen LogP contribution in [0.1, 0.15) is 23.0 Å². The highest BCUT2D eigenvalue weighted by Crippen LogP contribution is 2.25. The molecule has 0 bridgehead atoms. The van der Waals surface area contributed by atoms with Gasteiger partial charge in [0.25, 0.3) is 6.01 Å².